The maximum atomic E-state index is 12.0. The second-order valence-corrected chi connectivity index (χ2v) is 5.40. The monoisotopic (exact) mass is 350 g/mol. The molecule has 0 saturated heterocycles. The van der Waals surface area contributed by atoms with Crippen molar-refractivity contribution in [2.45, 2.75) is 20.0 Å². The lowest BCUT2D eigenvalue weighted by atomic mass is 10.1. The molecule has 0 aliphatic rings. The highest BCUT2D eigenvalue weighted by Crippen LogP contribution is 2.25. The van der Waals surface area contributed by atoms with Gasteiger partial charge in [-0.3, -0.25) is 10.1 Å². The average molecular weight is 350 g/mol. The molecule has 25 heavy (non-hydrogen) atoms. The van der Waals surface area contributed by atoms with Crippen LogP contribution in [0.3, 0.4) is 0 Å². The summed E-state index contributed by atoms with van der Waals surface area (Å²) in [6.45, 7) is 3.35. The van der Waals surface area contributed by atoms with Gasteiger partial charge in [0.05, 0.1) is 14.2 Å². The molecule has 3 N–H and O–H groups in total. The fraction of sp³-hybridized carbons (Fsp3) is 0.353. The Balaban J connectivity index is 2.85. The molecule has 1 aromatic rings. The van der Waals surface area contributed by atoms with Crippen molar-refractivity contribution < 1.29 is 28.6 Å². The van der Waals surface area contributed by atoms with Gasteiger partial charge in [0, 0.05) is 17.7 Å². The summed E-state index contributed by atoms with van der Waals surface area (Å²) in [5.74, 6) is -0.732. The van der Waals surface area contributed by atoms with E-state index in [1.807, 2.05) is 5.32 Å². The SMILES string of the molecule is COc1ccc(/C=C/C(=O)O[C@H](C(=O)NC(N)=O)C(C)C)c(OC)c1. The van der Waals surface area contributed by atoms with Gasteiger partial charge in [-0.2, -0.15) is 0 Å². The molecule has 8 heteroatoms. The molecule has 136 valence electrons. The number of rotatable bonds is 7. The van der Waals surface area contributed by atoms with Crippen LogP contribution in [-0.2, 0) is 14.3 Å². The standard InChI is InChI=1S/C17H22N2O6/c1-10(2)15(16(21)19-17(18)22)25-14(20)8-6-11-5-7-12(23-3)9-13(11)24-4/h5-10,15H,1-4H3,(H3,18,19,21,22)/b8-6+/t15-/m0/s1. The van der Waals surface area contributed by atoms with E-state index in [4.69, 9.17) is 19.9 Å². The van der Waals surface area contributed by atoms with Crippen LogP contribution in [0.5, 0.6) is 11.5 Å². The lowest BCUT2D eigenvalue weighted by Crippen LogP contribution is -2.45. The average Bonchev–Trinajstić information content (AvgIpc) is 2.56. The maximum absolute atomic E-state index is 12.0. The number of methoxy groups -OCH3 is 2. The molecule has 0 aliphatic heterocycles. The van der Waals surface area contributed by atoms with Crippen molar-refractivity contribution in [3.05, 3.63) is 29.8 Å². The highest BCUT2D eigenvalue weighted by Gasteiger charge is 2.26. The lowest BCUT2D eigenvalue weighted by molar-refractivity contribution is -0.153. The zero-order chi connectivity index (χ0) is 19.0. The molecule has 0 spiro atoms. The zero-order valence-electron chi connectivity index (χ0n) is 14.6. The van der Waals surface area contributed by atoms with E-state index in [2.05, 4.69) is 0 Å². The van der Waals surface area contributed by atoms with E-state index in [1.165, 1.54) is 20.3 Å². The minimum Gasteiger partial charge on any atom is -0.497 e. The van der Waals surface area contributed by atoms with Crippen LogP contribution in [0, 0.1) is 5.92 Å². The topological polar surface area (TPSA) is 117 Å². The molecular weight excluding hydrogens is 328 g/mol. The number of imide groups is 1. The third kappa shape index (κ3) is 6.17. The molecule has 1 atom stereocenters. The van der Waals surface area contributed by atoms with Gasteiger partial charge in [0.15, 0.2) is 6.10 Å². The minimum atomic E-state index is -1.14. The number of primary amides is 1. The summed E-state index contributed by atoms with van der Waals surface area (Å²) in [5.41, 5.74) is 5.53. The minimum absolute atomic E-state index is 0.341. The molecule has 0 aromatic heterocycles. The number of urea groups is 1. The van der Waals surface area contributed by atoms with Gasteiger partial charge in [-0.15, -0.1) is 0 Å². The van der Waals surface area contributed by atoms with Gasteiger partial charge >= 0.3 is 12.0 Å². The second kappa shape index (κ2) is 9.31. The molecule has 0 bridgehead atoms. The number of amides is 3. The van der Waals surface area contributed by atoms with Crippen molar-refractivity contribution in [2.24, 2.45) is 11.7 Å². The number of nitrogens with two attached hydrogens (primary N) is 1. The maximum Gasteiger partial charge on any atom is 0.331 e. The summed E-state index contributed by atoms with van der Waals surface area (Å²) < 4.78 is 15.4. The molecule has 8 nitrogen and oxygen atoms in total. The molecule has 0 aliphatic carbocycles. The van der Waals surface area contributed by atoms with Crippen molar-refractivity contribution in [3.63, 3.8) is 0 Å². The quantitative estimate of drug-likeness (QED) is 0.568. The summed E-state index contributed by atoms with van der Waals surface area (Å²) in [6, 6.07) is 4.08. The molecule has 0 unspecified atom stereocenters. The first-order valence-electron chi connectivity index (χ1n) is 7.49. The van der Waals surface area contributed by atoms with Gasteiger partial charge in [0.1, 0.15) is 11.5 Å². The van der Waals surface area contributed by atoms with Crippen LogP contribution in [0.2, 0.25) is 0 Å². The first-order chi connectivity index (χ1) is 11.8. The number of ether oxygens (including phenoxy) is 3. The first kappa shape index (κ1) is 20.0. The third-order valence-corrected chi connectivity index (χ3v) is 3.19. The smallest absolute Gasteiger partial charge is 0.331 e. The van der Waals surface area contributed by atoms with Gasteiger partial charge in [0.2, 0.25) is 0 Å². The summed E-state index contributed by atoms with van der Waals surface area (Å²) >= 11 is 0. The Kier molecular flexibility index (Phi) is 7.45. The molecular formula is C17H22N2O6. The van der Waals surface area contributed by atoms with Crippen LogP contribution in [-0.4, -0.2) is 38.2 Å². The fourth-order valence-electron chi connectivity index (χ4n) is 1.96. The summed E-state index contributed by atoms with van der Waals surface area (Å²) in [5, 5.41) is 1.90. The van der Waals surface area contributed by atoms with E-state index < -0.39 is 24.0 Å². The van der Waals surface area contributed by atoms with Crippen LogP contribution in [0.4, 0.5) is 4.79 Å². The molecule has 0 fully saturated rings. The number of nitrogens with one attached hydrogen (secondary N) is 1. The number of hydrogen-bond donors (Lipinski definition) is 2. The Morgan fingerprint density at radius 3 is 2.36 bits per heavy atom. The number of hydrogen-bond acceptors (Lipinski definition) is 6. The summed E-state index contributed by atoms with van der Waals surface area (Å²) in [6.07, 6.45) is 1.52. The summed E-state index contributed by atoms with van der Waals surface area (Å²) in [4.78, 5) is 34.6. The Morgan fingerprint density at radius 1 is 1.16 bits per heavy atom. The molecule has 3 amide bonds. The molecule has 1 rings (SSSR count). The van der Waals surface area contributed by atoms with Crippen LogP contribution >= 0.6 is 0 Å². The van der Waals surface area contributed by atoms with Crippen molar-refractivity contribution in [1.82, 2.24) is 5.32 Å². The van der Waals surface area contributed by atoms with Crippen LogP contribution in [0.15, 0.2) is 24.3 Å². The highest BCUT2D eigenvalue weighted by molar-refractivity contribution is 5.97. The number of carbonyl (C=O) groups is 3. The summed E-state index contributed by atoms with van der Waals surface area (Å²) in [7, 11) is 3.03. The number of benzene rings is 1. The predicted octanol–water partition coefficient (Wildman–Crippen LogP) is 1.48. The Morgan fingerprint density at radius 2 is 1.84 bits per heavy atom. The van der Waals surface area contributed by atoms with Crippen LogP contribution in [0.25, 0.3) is 6.08 Å². The number of esters is 1. The fourth-order valence-corrected chi connectivity index (χ4v) is 1.96. The van der Waals surface area contributed by atoms with Gasteiger partial charge in [-0.1, -0.05) is 13.8 Å². The van der Waals surface area contributed by atoms with Crippen molar-refractivity contribution >= 4 is 24.0 Å². The Bertz CT molecular complexity index is 669. The molecule has 1 aromatic carbocycles. The molecule has 0 radical (unpaired) electrons. The molecule has 0 heterocycles. The van der Waals surface area contributed by atoms with Gasteiger partial charge in [-0.05, 0) is 24.1 Å². The van der Waals surface area contributed by atoms with Crippen molar-refractivity contribution in [2.75, 3.05) is 14.2 Å². The normalized spacial score (nSPS) is 11.9. The third-order valence-electron chi connectivity index (χ3n) is 3.19. The van der Waals surface area contributed by atoms with E-state index >= 15 is 0 Å². The van der Waals surface area contributed by atoms with Gasteiger partial charge in [-0.25, -0.2) is 9.59 Å². The zero-order valence-corrected chi connectivity index (χ0v) is 14.6. The molecule has 0 saturated carbocycles. The van der Waals surface area contributed by atoms with E-state index in [0.717, 1.165) is 6.08 Å². The van der Waals surface area contributed by atoms with Crippen molar-refractivity contribution in [3.8, 4) is 11.5 Å². The van der Waals surface area contributed by atoms with E-state index in [1.54, 1.807) is 32.0 Å². The predicted molar refractivity (Wildman–Crippen MR) is 91.0 cm³/mol. The first-order valence-corrected chi connectivity index (χ1v) is 7.49. The Hall–Kier alpha value is -3.03. The van der Waals surface area contributed by atoms with E-state index in [9.17, 15) is 14.4 Å². The van der Waals surface area contributed by atoms with Gasteiger partial charge in [0.25, 0.3) is 5.91 Å². The lowest BCUT2D eigenvalue weighted by Gasteiger charge is -2.18. The number of carbonyl (C=O) groups excluding carboxylic acids is 3. The highest BCUT2D eigenvalue weighted by atomic mass is 16.5. The second-order valence-electron chi connectivity index (χ2n) is 5.40. The van der Waals surface area contributed by atoms with Crippen LogP contribution < -0.4 is 20.5 Å². The largest absolute Gasteiger partial charge is 0.497 e. The van der Waals surface area contributed by atoms with Gasteiger partial charge < -0.3 is 19.9 Å². The van der Waals surface area contributed by atoms with E-state index in [0.29, 0.717) is 17.1 Å². The van der Waals surface area contributed by atoms with Crippen LogP contribution in [0.1, 0.15) is 19.4 Å². The van der Waals surface area contributed by atoms with Crippen molar-refractivity contribution in [1.29, 1.82) is 0 Å². The Labute approximate surface area is 145 Å². The van der Waals surface area contributed by atoms with E-state index in [-0.39, 0.29) is 5.92 Å².